The van der Waals surface area contributed by atoms with Gasteiger partial charge in [-0.2, -0.15) is 0 Å². The Hall–Kier alpha value is -2.61. The fourth-order valence-corrected chi connectivity index (χ4v) is 2.82. The molecule has 0 N–H and O–H groups in total. The Morgan fingerprint density at radius 2 is 1.79 bits per heavy atom. The lowest BCUT2D eigenvalue weighted by atomic mass is 10.2. The molecule has 1 heterocycles. The van der Waals surface area contributed by atoms with Gasteiger partial charge in [0.25, 0.3) is 5.19 Å². The van der Waals surface area contributed by atoms with Gasteiger partial charge in [0.15, 0.2) is 0 Å². The van der Waals surface area contributed by atoms with Crippen LogP contribution in [0.1, 0.15) is 5.56 Å². The Bertz CT molecular complexity index is 873. The molecule has 0 saturated carbocycles. The molecule has 0 atom stereocenters. The van der Waals surface area contributed by atoms with Gasteiger partial charge in [-0.3, -0.25) is 4.99 Å². The lowest BCUT2D eigenvalue weighted by Crippen LogP contribution is -2.16. The minimum Gasteiger partial charge on any atom is -0.431 e. The molecule has 2 aromatic carbocycles. The highest BCUT2D eigenvalue weighted by Crippen LogP contribution is 2.32. The van der Waals surface area contributed by atoms with Crippen LogP contribution in [0.25, 0.3) is 10.2 Å². The standard InChI is InChI=1S/C16H11F3N2O2S/c1-20-9-10-2-7-14-13(8-10)21-15(24-14)22-11-3-5-12(6-4-11)23-16(17,18)19/h2-9H,1H3. The molecule has 0 aliphatic heterocycles. The fourth-order valence-electron chi connectivity index (χ4n) is 2.01. The summed E-state index contributed by atoms with van der Waals surface area (Å²) < 4.78 is 46.7. The van der Waals surface area contributed by atoms with E-state index in [1.54, 1.807) is 13.3 Å². The molecule has 4 nitrogen and oxygen atoms in total. The maximum absolute atomic E-state index is 12.1. The molecular weight excluding hydrogens is 341 g/mol. The number of aromatic nitrogens is 1. The van der Waals surface area contributed by atoms with Crippen molar-refractivity contribution in [1.82, 2.24) is 4.98 Å². The van der Waals surface area contributed by atoms with Crippen molar-refractivity contribution in [3.05, 3.63) is 48.0 Å². The van der Waals surface area contributed by atoms with Crippen molar-refractivity contribution in [3.63, 3.8) is 0 Å². The fraction of sp³-hybridized carbons (Fsp3) is 0.125. The van der Waals surface area contributed by atoms with E-state index in [4.69, 9.17) is 4.74 Å². The Balaban J connectivity index is 1.77. The number of alkyl halides is 3. The van der Waals surface area contributed by atoms with E-state index in [-0.39, 0.29) is 5.75 Å². The third kappa shape index (κ3) is 4.02. The van der Waals surface area contributed by atoms with Crippen LogP contribution in [0.2, 0.25) is 0 Å². The number of aliphatic imine (C=N–C) groups is 1. The highest BCUT2D eigenvalue weighted by molar-refractivity contribution is 7.20. The van der Waals surface area contributed by atoms with E-state index in [1.807, 2.05) is 18.2 Å². The van der Waals surface area contributed by atoms with E-state index in [1.165, 1.54) is 35.6 Å². The predicted molar refractivity (Wildman–Crippen MR) is 86.3 cm³/mol. The minimum atomic E-state index is -4.71. The highest BCUT2D eigenvalue weighted by Gasteiger charge is 2.30. The highest BCUT2D eigenvalue weighted by atomic mass is 32.1. The van der Waals surface area contributed by atoms with Crippen LogP contribution in [0.15, 0.2) is 47.5 Å². The van der Waals surface area contributed by atoms with Gasteiger partial charge in [0, 0.05) is 13.3 Å². The van der Waals surface area contributed by atoms with Gasteiger partial charge in [0.1, 0.15) is 11.5 Å². The predicted octanol–water partition coefficient (Wildman–Crippen LogP) is 5.04. The summed E-state index contributed by atoms with van der Waals surface area (Å²) in [5.41, 5.74) is 1.69. The number of fused-ring (bicyclic) bond motifs is 1. The summed E-state index contributed by atoms with van der Waals surface area (Å²) in [7, 11) is 1.69. The maximum Gasteiger partial charge on any atom is 0.573 e. The number of rotatable bonds is 4. The van der Waals surface area contributed by atoms with Gasteiger partial charge in [-0.1, -0.05) is 17.4 Å². The summed E-state index contributed by atoms with van der Waals surface area (Å²) in [6.45, 7) is 0. The zero-order chi connectivity index (χ0) is 17.2. The largest absolute Gasteiger partial charge is 0.573 e. The second-order valence-corrected chi connectivity index (χ2v) is 5.71. The first-order valence-electron chi connectivity index (χ1n) is 6.79. The maximum atomic E-state index is 12.1. The Kier molecular flexibility index (Phi) is 4.39. The summed E-state index contributed by atoms with van der Waals surface area (Å²) in [6.07, 6.45) is -2.99. The van der Waals surface area contributed by atoms with Crippen molar-refractivity contribution in [2.75, 3.05) is 7.05 Å². The number of ether oxygens (including phenoxy) is 2. The van der Waals surface area contributed by atoms with E-state index < -0.39 is 6.36 Å². The van der Waals surface area contributed by atoms with Crippen LogP contribution in [0.4, 0.5) is 13.2 Å². The molecule has 0 unspecified atom stereocenters. The molecule has 0 aliphatic rings. The van der Waals surface area contributed by atoms with Crippen LogP contribution in [-0.4, -0.2) is 24.6 Å². The smallest absolute Gasteiger partial charge is 0.431 e. The van der Waals surface area contributed by atoms with Gasteiger partial charge in [-0.25, -0.2) is 4.98 Å². The molecule has 1 aromatic heterocycles. The van der Waals surface area contributed by atoms with Gasteiger partial charge in [0.05, 0.1) is 10.2 Å². The quantitative estimate of drug-likeness (QED) is 0.618. The van der Waals surface area contributed by atoms with Crippen molar-refractivity contribution < 1.29 is 22.6 Å². The van der Waals surface area contributed by atoms with Gasteiger partial charge >= 0.3 is 6.36 Å². The third-order valence-corrected chi connectivity index (χ3v) is 3.85. The van der Waals surface area contributed by atoms with Crippen molar-refractivity contribution in [3.8, 4) is 16.7 Å². The lowest BCUT2D eigenvalue weighted by Gasteiger charge is -2.09. The monoisotopic (exact) mass is 352 g/mol. The Morgan fingerprint density at radius 3 is 2.46 bits per heavy atom. The lowest BCUT2D eigenvalue weighted by molar-refractivity contribution is -0.274. The zero-order valence-electron chi connectivity index (χ0n) is 12.4. The number of benzene rings is 2. The van der Waals surface area contributed by atoms with Crippen LogP contribution in [-0.2, 0) is 0 Å². The van der Waals surface area contributed by atoms with Gasteiger partial charge in [-0.15, -0.1) is 13.2 Å². The first-order chi connectivity index (χ1) is 11.4. The molecule has 0 saturated heterocycles. The molecule has 0 amide bonds. The summed E-state index contributed by atoms with van der Waals surface area (Å²) in [5.74, 6) is 0.0709. The molecule has 0 aliphatic carbocycles. The van der Waals surface area contributed by atoms with E-state index in [9.17, 15) is 13.2 Å². The average molecular weight is 352 g/mol. The number of halogens is 3. The zero-order valence-corrected chi connectivity index (χ0v) is 13.2. The van der Waals surface area contributed by atoms with Gasteiger partial charge in [-0.05, 0) is 42.0 Å². The van der Waals surface area contributed by atoms with Crippen LogP contribution in [0.3, 0.4) is 0 Å². The van der Waals surface area contributed by atoms with E-state index in [0.29, 0.717) is 10.9 Å². The number of hydrogen-bond donors (Lipinski definition) is 0. The molecule has 24 heavy (non-hydrogen) atoms. The molecular formula is C16H11F3N2O2S. The van der Waals surface area contributed by atoms with Crippen LogP contribution in [0, 0.1) is 0 Å². The van der Waals surface area contributed by atoms with Crippen LogP contribution in [0.5, 0.6) is 16.7 Å². The summed E-state index contributed by atoms with van der Waals surface area (Å²) >= 11 is 1.34. The summed E-state index contributed by atoms with van der Waals surface area (Å²) in [6, 6.07) is 10.9. The van der Waals surface area contributed by atoms with Crippen molar-refractivity contribution in [1.29, 1.82) is 0 Å². The number of hydrogen-bond acceptors (Lipinski definition) is 5. The topological polar surface area (TPSA) is 43.7 Å². The second-order valence-electron chi connectivity index (χ2n) is 4.72. The normalized spacial score (nSPS) is 12.0. The van der Waals surface area contributed by atoms with Gasteiger partial charge in [0.2, 0.25) is 0 Å². The Labute approximate surface area is 139 Å². The molecule has 3 aromatic rings. The van der Waals surface area contributed by atoms with E-state index in [2.05, 4.69) is 14.7 Å². The summed E-state index contributed by atoms with van der Waals surface area (Å²) in [5, 5.41) is 0.403. The molecule has 0 fully saturated rings. The first kappa shape index (κ1) is 16.3. The van der Waals surface area contributed by atoms with Crippen molar-refractivity contribution in [2.45, 2.75) is 6.36 Å². The van der Waals surface area contributed by atoms with Crippen molar-refractivity contribution >= 4 is 27.8 Å². The number of thiazole rings is 1. The van der Waals surface area contributed by atoms with Crippen LogP contribution >= 0.6 is 11.3 Å². The first-order valence-corrected chi connectivity index (χ1v) is 7.61. The minimum absolute atomic E-state index is 0.303. The average Bonchev–Trinajstić information content (AvgIpc) is 2.90. The van der Waals surface area contributed by atoms with Crippen molar-refractivity contribution in [2.24, 2.45) is 4.99 Å². The van der Waals surface area contributed by atoms with Crippen LogP contribution < -0.4 is 9.47 Å². The molecule has 8 heteroatoms. The second kappa shape index (κ2) is 6.48. The molecule has 0 bridgehead atoms. The third-order valence-electron chi connectivity index (χ3n) is 2.93. The van der Waals surface area contributed by atoms with E-state index >= 15 is 0 Å². The Morgan fingerprint density at radius 1 is 1.08 bits per heavy atom. The number of nitrogens with zero attached hydrogens (tertiary/aromatic N) is 2. The summed E-state index contributed by atoms with van der Waals surface area (Å²) in [4.78, 5) is 8.30. The molecule has 124 valence electrons. The molecule has 0 spiro atoms. The van der Waals surface area contributed by atoms with E-state index in [0.717, 1.165) is 15.8 Å². The molecule has 3 rings (SSSR count). The SMILES string of the molecule is CN=Cc1ccc2sc(Oc3ccc(OC(F)(F)F)cc3)nc2c1. The molecule has 0 radical (unpaired) electrons. The van der Waals surface area contributed by atoms with Gasteiger partial charge < -0.3 is 9.47 Å².